The summed E-state index contributed by atoms with van der Waals surface area (Å²) in [4.78, 5) is 3.37. The van der Waals surface area contributed by atoms with Gasteiger partial charge < -0.3 is 4.74 Å². The van der Waals surface area contributed by atoms with E-state index in [1.807, 2.05) is 0 Å². The van der Waals surface area contributed by atoms with E-state index in [0.717, 1.165) is 0 Å². The highest BCUT2D eigenvalue weighted by Gasteiger charge is 2.40. The predicted octanol–water partition coefficient (Wildman–Crippen LogP) is 2.54. The van der Waals surface area contributed by atoms with Gasteiger partial charge in [0.2, 0.25) is 5.84 Å². The number of halogens is 3. The van der Waals surface area contributed by atoms with Crippen molar-refractivity contribution in [2.75, 3.05) is 7.11 Å². The van der Waals surface area contributed by atoms with Gasteiger partial charge in [0, 0.05) is 6.07 Å². The van der Waals surface area contributed by atoms with Crippen molar-refractivity contribution >= 4 is 17.2 Å². The maximum Gasteiger partial charge on any atom is 0.451 e. The monoisotopic (exact) mass is 215 g/mol. The number of aliphatic imine (C=N–C) groups is 1. The van der Waals surface area contributed by atoms with Gasteiger partial charge in [-0.25, -0.2) is 10.3 Å². The van der Waals surface area contributed by atoms with Crippen molar-refractivity contribution in [1.29, 1.82) is 0 Å². The van der Waals surface area contributed by atoms with Gasteiger partial charge >= 0.3 is 6.18 Å². The smallest absolute Gasteiger partial charge is 0.451 e. The van der Waals surface area contributed by atoms with Gasteiger partial charge in [-0.2, -0.15) is 13.2 Å². The van der Waals surface area contributed by atoms with Gasteiger partial charge in [-0.15, -0.1) is 0 Å². The van der Waals surface area contributed by atoms with Gasteiger partial charge in [0.05, 0.1) is 18.5 Å². The first kappa shape index (κ1) is 9.82. The molecule has 6 heteroatoms. The van der Waals surface area contributed by atoms with Crippen LogP contribution in [0, 0.1) is 0 Å². The van der Waals surface area contributed by atoms with Crippen LogP contribution in [0.4, 0.5) is 24.5 Å². The maximum absolute atomic E-state index is 12.3. The fraction of sp³-hybridized carbons (Fsp3) is 0.222. The second-order valence-corrected chi connectivity index (χ2v) is 2.90. The summed E-state index contributed by atoms with van der Waals surface area (Å²) in [5.41, 5.74) is 0.393. The van der Waals surface area contributed by atoms with Crippen LogP contribution in [0.25, 0.3) is 0 Å². The number of hydrogen-bond donors (Lipinski definition) is 0. The van der Waals surface area contributed by atoms with Crippen molar-refractivity contribution in [2.24, 2.45) is 4.99 Å². The summed E-state index contributed by atoms with van der Waals surface area (Å²) in [5.74, 6) is -0.665. The lowest BCUT2D eigenvalue weighted by Crippen LogP contribution is -2.27. The highest BCUT2D eigenvalue weighted by molar-refractivity contribution is 5.99. The lowest BCUT2D eigenvalue weighted by atomic mass is 10.2. The molecule has 1 aliphatic heterocycles. The van der Waals surface area contributed by atoms with E-state index in [0.29, 0.717) is 5.75 Å². The van der Waals surface area contributed by atoms with Crippen LogP contribution in [0.2, 0.25) is 0 Å². The molecular weight excluding hydrogens is 209 g/mol. The Morgan fingerprint density at radius 3 is 2.53 bits per heavy atom. The third-order valence-electron chi connectivity index (χ3n) is 1.89. The molecule has 1 heterocycles. The molecule has 1 aliphatic rings. The summed E-state index contributed by atoms with van der Waals surface area (Å²) in [6.45, 7) is 0. The summed E-state index contributed by atoms with van der Waals surface area (Å²) >= 11 is 0. The van der Waals surface area contributed by atoms with Crippen LogP contribution >= 0.6 is 0 Å². The predicted molar refractivity (Wildman–Crippen MR) is 47.9 cm³/mol. The number of fused-ring (bicyclic) bond motifs is 1. The average Bonchev–Trinajstić information content (AvgIpc) is 2.59. The van der Waals surface area contributed by atoms with Crippen molar-refractivity contribution in [1.82, 2.24) is 5.32 Å². The largest absolute Gasteiger partial charge is 0.497 e. The molecule has 0 aliphatic carbocycles. The molecule has 0 aromatic heterocycles. The molecule has 15 heavy (non-hydrogen) atoms. The topological polar surface area (TPSA) is 35.7 Å². The number of hydrogen-bond acceptors (Lipinski definition) is 2. The zero-order chi connectivity index (χ0) is 11.1. The molecule has 0 spiro atoms. The molecule has 1 radical (unpaired) electrons. The Hall–Kier alpha value is -1.72. The number of methoxy groups -OCH3 is 1. The minimum atomic E-state index is -4.51. The van der Waals surface area contributed by atoms with E-state index in [-0.39, 0.29) is 11.4 Å². The van der Waals surface area contributed by atoms with Crippen molar-refractivity contribution in [3.8, 4) is 5.75 Å². The van der Waals surface area contributed by atoms with Crippen LogP contribution in [-0.2, 0) is 0 Å². The van der Waals surface area contributed by atoms with Crippen LogP contribution in [-0.4, -0.2) is 19.1 Å². The molecule has 2 rings (SSSR count). The molecular formula is C9H6F3N2O. The fourth-order valence-electron chi connectivity index (χ4n) is 1.19. The first-order valence-corrected chi connectivity index (χ1v) is 4.06. The van der Waals surface area contributed by atoms with Gasteiger partial charge in [-0.05, 0) is 12.1 Å². The molecule has 1 aromatic rings. The highest BCUT2D eigenvalue weighted by Crippen LogP contribution is 2.37. The standard InChI is InChI=1S/C9H6F3N2O/c1-15-5-2-3-6-7(4-5)14-8(13-6)9(10,11)12/h2-4H,1H3. The third-order valence-corrected chi connectivity index (χ3v) is 1.89. The number of nitrogens with zero attached hydrogens (tertiary/aromatic N) is 2. The summed E-state index contributed by atoms with van der Waals surface area (Å²) in [5, 5.41) is 3.38. The molecule has 0 saturated heterocycles. The van der Waals surface area contributed by atoms with E-state index in [1.54, 1.807) is 0 Å². The summed E-state index contributed by atoms with van der Waals surface area (Å²) in [6, 6.07) is 4.39. The molecule has 1 aromatic carbocycles. The summed E-state index contributed by atoms with van der Waals surface area (Å²) < 4.78 is 41.6. The first-order valence-electron chi connectivity index (χ1n) is 4.06. The van der Waals surface area contributed by atoms with Gasteiger partial charge in [0.25, 0.3) is 0 Å². The number of benzene rings is 1. The zero-order valence-electron chi connectivity index (χ0n) is 7.67. The van der Waals surface area contributed by atoms with E-state index in [9.17, 15) is 13.2 Å². The van der Waals surface area contributed by atoms with Crippen LogP contribution in [0.1, 0.15) is 0 Å². The molecule has 0 unspecified atom stereocenters. The van der Waals surface area contributed by atoms with Gasteiger partial charge in [0.1, 0.15) is 5.75 Å². The minimum absolute atomic E-state index is 0.182. The second kappa shape index (κ2) is 3.15. The van der Waals surface area contributed by atoms with Gasteiger partial charge in [-0.3, -0.25) is 0 Å². The molecule has 3 nitrogen and oxygen atoms in total. The number of alkyl halides is 3. The Morgan fingerprint density at radius 2 is 1.93 bits per heavy atom. The van der Waals surface area contributed by atoms with Crippen molar-refractivity contribution in [3.63, 3.8) is 0 Å². The normalized spacial score (nSPS) is 14.3. The minimum Gasteiger partial charge on any atom is -0.497 e. The Labute approximate surface area is 83.6 Å². The Balaban J connectivity index is 2.33. The van der Waals surface area contributed by atoms with Crippen LogP contribution in [0.5, 0.6) is 5.75 Å². The van der Waals surface area contributed by atoms with Gasteiger partial charge in [0.15, 0.2) is 0 Å². The van der Waals surface area contributed by atoms with E-state index in [1.165, 1.54) is 25.3 Å². The van der Waals surface area contributed by atoms with Crippen molar-refractivity contribution in [3.05, 3.63) is 18.2 Å². The molecule has 0 amide bonds. The van der Waals surface area contributed by atoms with Crippen LogP contribution in [0.3, 0.4) is 0 Å². The number of rotatable bonds is 1. The lowest BCUT2D eigenvalue weighted by Gasteiger charge is -2.04. The van der Waals surface area contributed by atoms with Gasteiger partial charge in [-0.1, -0.05) is 0 Å². The number of ether oxygens (including phenoxy) is 1. The third kappa shape index (κ3) is 1.74. The van der Waals surface area contributed by atoms with Crippen molar-refractivity contribution < 1.29 is 17.9 Å². The average molecular weight is 215 g/mol. The van der Waals surface area contributed by atoms with Crippen LogP contribution in [0.15, 0.2) is 23.2 Å². The van der Waals surface area contributed by atoms with E-state index in [2.05, 4.69) is 10.3 Å². The fourth-order valence-corrected chi connectivity index (χ4v) is 1.19. The quantitative estimate of drug-likeness (QED) is 0.709. The maximum atomic E-state index is 12.3. The SMILES string of the molecule is COc1ccc2c(c1)[N]C(C(F)(F)F)=N2. The molecule has 0 atom stereocenters. The van der Waals surface area contributed by atoms with Crippen molar-refractivity contribution in [2.45, 2.75) is 6.18 Å². The molecule has 0 saturated carbocycles. The van der Waals surface area contributed by atoms with E-state index < -0.39 is 12.0 Å². The molecule has 79 valence electrons. The Bertz CT molecular complexity index is 426. The zero-order valence-corrected chi connectivity index (χ0v) is 7.67. The molecule has 0 N–H and O–H groups in total. The Kier molecular flexibility index (Phi) is 2.06. The first-order chi connectivity index (χ1) is 7.00. The van der Waals surface area contributed by atoms with E-state index >= 15 is 0 Å². The summed E-state index contributed by atoms with van der Waals surface area (Å²) in [6.07, 6.45) is -4.51. The second-order valence-electron chi connectivity index (χ2n) is 2.90. The Morgan fingerprint density at radius 1 is 1.20 bits per heavy atom. The lowest BCUT2D eigenvalue weighted by molar-refractivity contribution is -0.0608. The molecule has 0 bridgehead atoms. The highest BCUT2D eigenvalue weighted by atomic mass is 19.4. The van der Waals surface area contributed by atoms with E-state index in [4.69, 9.17) is 4.74 Å². The summed E-state index contributed by atoms with van der Waals surface area (Å²) in [7, 11) is 1.43. The molecule has 0 fully saturated rings. The van der Waals surface area contributed by atoms with Crippen LogP contribution < -0.4 is 10.1 Å². The number of amidine groups is 1.